The monoisotopic (exact) mass is 398 g/mol. The number of carbonyl (C=O) groups is 1. The molecule has 1 aliphatic heterocycles. The zero-order valence-electron chi connectivity index (χ0n) is 14.8. The molecule has 0 radical (unpaired) electrons. The normalized spacial score (nSPS) is 20.0. The van der Waals surface area contributed by atoms with E-state index in [1.807, 2.05) is 6.07 Å². The van der Waals surface area contributed by atoms with Crippen LogP contribution in [-0.2, 0) is 7.05 Å². The van der Waals surface area contributed by atoms with Crippen LogP contribution >= 0.6 is 11.5 Å². The minimum Gasteiger partial charge on any atom is -0.369 e. The molecule has 1 saturated heterocycles. The highest BCUT2D eigenvalue weighted by atomic mass is 32.1. The van der Waals surface area contributed by atoms with Gasteiger partial charge in [-0.2, -0.15) is 27.9 Å². The van der Waals surface area contributed by atoms with Crippen LogP contribution in [-0.4, -0.2) is 50.3 Å². The van der Waals surface area contributed by atoms with Gasteiger partial charge < -0.3 is 10.2 Å². The van der Waals surface area contributed by atoms with Crippen LogP contribution in [0.15, 0.2) is 6.20 Å². The summed E-state index contributed by atoms with van der Waals surface area (Å²) in [5.41, 5.74) is 1.56. The number of likely N-dealkylation sites (tertiary alicyclic amines) is 1. The summed E-state index contributed by atoms with van der Waals surface area (Å²) in [4.78, 5) is 13.9. The van der Waals surface area contributed by atoms with E-state index in [1.165, 1.54) is 15.8 Å². The van der Waals surface area contributed by atoms with Crippen LogP contribution in [0.5, 0.6) is 0 Å². The summed E-state index contributed by atoms with van der Waals surface area (Å²) in [6, 6.07) is 0.897. The number of amides is 1. The summed E-state index contributed by atoms with van der Waals surface area (Å²) >= 11 is 0.944. The van der Waals surface area contributed by atoms with E-state index in [-0.39, 0.29) is 17.7 Å². The summed E-state index contributed by atoms with van der Waals surface area (Å²) in [5, 5.41) is 16.3. The second-order valence-corrected chi connectivity index (χ2v) is 7.23. The first-order chi connectivity index (χ1) is 12.6. The maximum Gasteiger partial charge on any atom is 0.395 e. The topological polar surface area (TPSA) is 86.8 Å². The molecule has 7 nitrogen and oxygen atoms in total. The molecular weight excluding hydrogens is 381 g/mol. The zero-order chi connectivity index (χ0) is 19.9. The summed E-state index contributed by atoms with van der Waals surface area (Å²) in [6.07, 6.45) is -3.12. The van der Waals surface area contributed by atoms with Crippen LogP contribution in [0.25, 0.3) is 0 Å². The quantitative estimate of drug-likeness (QED) is 0.858. The number of rotatable bonds is 3. The van der Waals surface area contributed by atoms with Crippen LogP contribution in [0.3, 0.4) is 0 Å². The van der Waals surface area contributed by atoms with Crippen molar-refractivity contribution in [1.82, 2.24) is 19.1 Å². The molecule has 0 aromatic carbocycles. The molecule has 1 fully saturated rings. The number of nitrogens with zero attached hydrogens (tertiary/aromatic N) is 5. The van der Waals surface area contributed by atoms with E-state index < -0.39 is 30.6 Å². The van der Waals surface area contributed by atoms with Crippen molar-refractivity contribution in [2.24, 2.45) is 13.0 Å². The van der Waals surface area contributed by atoms with Gasteiger partial charge in [-0.3, -0.25) is 9.48 Å². The van der Waals surface area contributed by atoms with Crippen LogP contribution in [0.1, 0.15) is 27.3 Å². The minimum atomic E-state index is -4.48. The summed E-state index contributed by atoms with van der Waals surface area (Å²) < 4.78 is 46.2. The van der Waals surface area contributed by atoms with Gasteiger partial charge in [0, 0.05) is 25.8 Å². The molecule has 2 atom stereocenters. The van der Waals surface area contributed by atoms with E-state index in [0.29, 0.717) is 16.4 Å². The Morgan fingerprint density at radius 2 is 2.11 bits per heavy atom. The van der Waals surface area contributed by atoms with E-state index >= 15 is 0 Å². The third-order valence-corrected chi connectivity index (χ3v) is 5.65. The Morgan fingerprint density at radius 1 is 1.41 bits per heavy atom. The van der Waals surface area contributed by atoms with Gasteiger partial charge in [0.2, 0.25) is 0 Å². The second kappa shape index (κ2) is 6.84. The second-order valence-electron chi connectivity index (χ2n) is 6.46. The first-order valence-corrected chi connectivity index (χ1v) is 8.88. The highest BCUT2D eigenvalue weighted by molar-refractivity contribution is 7.10. The van der Waals surface area contributed by atoms with Crippen LogP contribution in [0.2, 0.25) is 0 Å². The van der Waals surface area contributed by atoms with Crippen molar-refractivity contribution in [2.45, 2.75) is 26.1 Å². The molecular formula is C16H17F3N6OS. The zero-order valence-corrected chi connectivity index (χ0v) is 15.6. The molecule has 0 saturated carbocycles. The lowest BCUT2D eigenvalue weighted by Crippen LogP contribution is -2.37. The van der Waals surface area contributed by atoms with Crippen molar-refractivity contribution in [2.75, 3.05) is 18.4 Å². The fourth-order valence-electron chi connectivity index (χ4n) is 3.09. The Hall–Kier alpha value is -2.61. The molecule has 2 aromatic heterocycles. The van der Waals surface area contributed by atoms with Crippen LogP contribution in [0, 0.1) is 31.1 Å². The van der Waals surface area contributed by atoms with E-state index in [1.54, 1.807) is 20.9 Å². The van der Waals surface area contributed by atoms with E-state index in [0.717, 1.165) is 11.5 Å². The van der Waals surface area contributed by atoms with Crippen molar-refractivity contribution >= 4 is 22.4 Å². The van der Waals surface area contributed by atoms with E-state index in [2.05, 4.69) is 14.8 Å². The predicted molar refractivity (Wildman–Crippen MR) is 92.4 cm³/mol. The lowest BCUT2D eigenvalue weighted by Gasteiger charge is -2.21. The molecule has 1 amide bonds. The number of aromatic nitrogens is 3. The number of carbonyl (C=O) groups excluding carboxylic acids is 1. The van der Waals surface area contributed by atoms with Crippen molar-refractivity contribution in [3.8, 4) is 6.07 Å². The predicted octanol–water partition coefficient (Wildman–Crippen LogP) is 2.48. The standard InChI is InChI=1S/C16H17F3N6OS/c1-8-10(4-20)14(27-23-8)22-13-7-25(6-12(13)16(17,18)19)15(26)11-5-21-24(3)9(11)2/h5,12-13,22H,6-7H2,1-3H3/t12-,13-/m1/s1. The lowest BCUT2D eigenvalue weighted by atomic mass is 10.0. The smallest absolute Gasteiger partial charge is 0.369 e. The average molecular weight is 398 g/mol. The van der Waals surface area contributed by atoms with Gasteiger partial charge in [0.05, 0.1) is 29.4 Å². The third kappa shape index (κ3) is 3.49. The Morgan fingerprint density at radius 3 is 2.67 bits per heavy atom. The number of halogens is 3. The van der Waals surface area contributed by atoms with Crippen molar-refractivity contribution in [3.63, 3.8) is 0 Å². The Labute approximate surface area is 157 Å². The number of anilines is 1. The molecule has 0 bridgehead atoms. The van der Waals surface area contributed by atoms with Gasteiger partial charge >= 0.3 is 6.18 Å². The van der Waals surface area contributed by atoms with Gasteiger partial charge in [-0.15, -0.1) is 0 Å². The summed E-state index contributed by atoms with van der Waals surface area (Å²) in [5.74, 6) is -2.23. The maximum atomic E-state index is 13.6. The lowest BCUT2D eigenvalue weighted by molar-refractivity contribution is -0.171. The molecule has 0 spiro atoms. The van der Waals surface area contributed by atoms with Gasteiger partial charge in [-0.05, 0) is 25.4 Å². The van der Waals surface area contributed by atoms with Gasteiger partial charge in [-0.25, -0.2) is 0 Å². The van der Waals surface area contributed by atoms with Gasteiger partial charge in [-0.1, -0.05) is 0 Å². The molecule has 1 aliphatic rings. The molecule has 0 aliphatic carbocycles. The van der Waals surface area contributed by atoms with Crippen LogP contribution < -0.4 is 5.32 Å². The van der Waals surface area contributed by atoms with E-state index in [4.69, 9.17) is 0 Å². The first kappa shape index (κ1) is 19.2. The number of hydrogen-bond donors (Lipinski definition) is 1. The molecule has 27 heavy (non-hydrogen) atoms. The first-order valence-electron chi connectivity index (χ1n) is 8.11. The SMILES string of the molecule is Cc1nsc(N[C@@H]2CN(C(=O)c3cnn(C)c3C)C[C@H]2C(F)(F)F)c1C#N. The fourth-order valence-corrected chi connectivity index (χ4v) is 3.90. The molecule has 2 aromatic rings. The summed E-state index contributed by atoms with van der Waals surface area (Å²) in [6.45, 7) is 2.73. The molecule has 0 unspecified atom stereocenters. The Bertz CT molecular complexity index is 912. The van der Waals surface area contributed by atoms with Crippen molar-refractivity contribution in [1.29, 1.82) is 5.26 Å². The number of nitrogens with one attached hydrogen (secondary N) is 1. The average Bonchev–Trinajstić information content (AvgIpc) is 3.26. The largest absolute Gasteiger partial charge is 0.395 e. The van der Waals surface area contributed by atoms with E-state index in [9.17, 15) is 23.2 Å². The summed E-state index contributed by atoms with van der Waals surface area (Å²) in [7, 11) is 1.66. The molecule has 3 rings (SSSR count). The number of aryl methyl sites for hydroxylation is 2. The fraction of sp³-hybridized carbons (Fsp3) is 0.500. The number of alkyl halides is 3. The van der Waals surface area contributed by atoms with Gasteiger partial charge in [0.25, 0.3) is 5.91 Å². The molecule has 1 N–H and O–H groups in total. The van der Waals surface area contributed by atoms with Gasteiger partial charge in [0.1, 0.15) is 16.6 Å². The highest BCUT2D eigenvalue weighted by Crippen LogP contribution is 2.37. The molecule has 144 valence electrons. The minimum absolute atomic E-state index is 0.126. The highest BCUT2D eigenvalue weighted by Gasteiger charge is 2.51. The Balaban J connectivity index is 1.86. The Kier molecular flexibility index (Phi) is 4.86. The van der Waals surface area contributed by atoms with Gasteiger partial charge in [0.15, 0.2) is 0 Å². The maximum absolute atomic E-state index is 13.6. The van der Waals surface area contributed by atoms with Crippen molar-refractivity contribution < 1.29 is 18.0 Å². The number of nitriles is 1. The van der Waals surface area contributed by atoms with Crippen molar-refractivity contribution in [3.05, 3.63) is 28.7 Å². The molecule has 3 heterocycles. The van der Waals surface area contributed by atoms with Crippen LogP contribution in [0.4, 0.5) is 18.2 Å². The number of hydrogen-bond acceptors (Lipinski definition) is 6. The third-order valence-electron chi connectivity index (χ3n) is 4.78. The molecule has 11 heteroatoms.